The molecule has 1 N–H and O–H groups in total. The molecule has 0 amide bonds. The number of carbonyl (C=O) groups is 1. The molecule has 1 aromatic carbocycles. The van der Waals surface area contributed by atoms with Gasteiger partial charge in [-0.25, -0.2) is 0 Å². The maximum Gasteiger partial charge on any atom is 0.310 e. The molecule has 1 atom stereocenters. The van der Waals surface area contributed by atoms with Crippen LogP contribution >= 0.6 is 0 Å². The van der Waals surface area contributed by atoms with Crippen molar-refractivity contribution in [3.05, 3.63) is 24.3 Å². The van der Waals surface area contributed by atoms with Gasteiger partial charge in [-0.1, -0.05) is 19.1 Å². The van der Waals surface area contributed by atoms with Gasteiger partial charge in [-0.05, 0) is 31.5 Å². The normalized spacial score (nSPS) is 22.2. The van der Waals surface area contributed by atoms with Crippen LogP contribution in [-0.4, -0.2) is 49.3 Å². The minimum Gasteiger partial charge on any atom is -0.493 e. The Balaban J connectivity index is 1.84. The maximum atomic E-state index is 11.4. The number of para-hydroxylation sites is 2. The molecule has 0 bridgehead atoms. The third-order valence-corrected chi connectivity index (χ3v) is 4.30. The number of nitrogens with zero attached hydrogens (tertiary/aromatic N) is 1. The topological polar surface area (TPSA) is 59.0 Å². The van der Waals surface area contributed by atoms with E-state index in [2.05, 4.69) is 4.90 Å². The highest BCUT2D eigenvalue weighted by Crippen LogP contribution is 2.34. The quantitative estimate of drug-likeness (QED) is 0.835. The summed E-state index contributed by atoms with van der Waals surface area (Å²) in [5, 5.41) is 9.38. The first-order valence-electron chi connectivity index (χ1n) is 7.33. The van der Waals surface area contributed by atoms with Crippen molar-refractivity contribution in [2.45, 2.75) is 19.8 Å². The summed E-state index contributed by atoms with van der Waals surface area (Å²) in [6, 6.07) is 7.53. The summed E-state index contributed by atoms with van der Waals surface area (Å²) >= 11 is 0. The van der Waals surface area contributed by atoms with Gasteiger partial charge in [0.15, 0.2) is 11.5 Å². The number of benzene rings is 1. The Labute approximate surface area is 125 Å². The van der Waals surface area contributed by atoms with Gasteiger partial charge in [0.25, 0.3) is 0 Å². The maximum absolute atomic E-state index is 11.4. The molecule has 1 aliphatic heterocycles. The van der Waals surface area contributed by atoms with Gasteiger partial charge in [-0.15, -0.1) is 0 Å². The van der Waals surface area contributed by atoms with Crippen LogP contribution in [0.15, 0.2) is 24.3 Å². The van der Waals surface area contributed by atoms with E-state index in [4.69, 9.17) is 9.47 Å². The summed E-state index contributed by atoms with van der Waals surface area (Å²) in [6.07, 6.45) is 1.39. The van der Waals surface area contributed by atoms with Crippen LogP contribution in [0.2, 0.25) is 0 Å². The summed E-state index contributed by atoms with van der Waals surface area (Å²) in [5.41, 5.74) is -0.579. The largest absolute Gasteiger partial charge is 0.493 e. The van der Waals surface area contributed by atoms with Crippen molar-refractivity contribution in [1.82, 2.24) is 4.90 Å². The molecule has 0 radical (unpaired) electrons. The molecule has 1 unspecified atom stereocenters. The number of ether oxygens (including phenoxy) is 2. The SMILES string of the molecule is CCC1(C(=O)O)CCN(CCOc2ccccc2OC)C1. The molecule has 1 fully saturated rings. The highest BCUT2D eigenvalue weighted by atomic mass is 16.5. The van der Waals surface area contributed by atoms with E-state index < -0.39 is 11.4 Å². The standard InChI is InChI=1S/C16H23NO4/c1-3-16(15(18)19)8-9-17(12-16)10-11-21-14-7-5-4-6-13(14)20-2/h4-7H,3,8-12H2,1-2H3,(H,18,19). The predicted octanol–water partition coefficient (Wildman–Crippen LogP) is 2.26. The highest BCUT2D eigenvalue weighted by molar-refractivity contribution is 5.75. The van der Waals surface area contributed by atoms with Crippen molar-refractivity contribution < 1.29 is 19.4 Å². The number of hydrogen-bond acceptors (Lipinski definition) is 4. The lowest BCUT2D eigenvalue weighted by molar-refractivity contribution is -0.148. The first kappa shape index (κ1) is 15.6. The third-order valence-electron chi connectivity index (χ3n) is 4.30. The Morgan fingerprint density at radius 2 is 2.10 bits per heavy atom. The molecule has 0 spiro atoms. The molecule has 2 rings (SSSR count). The molecule has 1 aromatic rings. The predicted molar refractivity (Wildman–Crippen MR) is 79.9 cm³/mol. The first-order valence-corrected chi connectivity index (χ1v) is 7.33. The van der Waals surface area contributed by atoms with Crippen molar-refractivity contribution in [3.8, 4) is 11.5 Å². The molecule has 0 aromatic heterocycles. The molecule has 1 saturated heterocycles. The average molecular weight is 293 g/mol. The second-order valence-corrected chi connectivity index (χ2v) is 5.46. The van der Waals surface area contributed by atoms with E-state index in [1.807, 2.05) is 31.2 Å². The van der Waals surface area contributed by atoms with Crippen LogP contribution in [0.25, 0.3) is 0 Å². The molecular weight excluding hydrogens is 270 g/mol. The van der Waals surface area contributed by atoms with Gasteiger partial charge in [0.1, 0.15) is 6.61 Å². The van der Waals surface area contributed by atoms with Crippen LogP contribution in [-0.2, 0) is 4.79 Å². The van der Waals surface area contributed by atoms with E-state index in [0.717, 1.165) is 18.8 Å². The second-order valence-electron chi connectivity index (χ2n) is 5.46. The number of carboxylic acid groups (broad SMARTS) is 1. The zero-order valence-corrected chi connectivity index (χ0v) is 12.7. The van der Waals surface area contributed by atoms with Gasteiger partial charge in [0, 0.05) is 13.1 Å². The number of likely N-dealkylation sites (tertiary alicyclic amines) is 1. The molecule has 1 aliphatic rings. The molecule has 116 valence electrons. The van der Waals surface area contributed by atoms with Crippen molar-refractivity contribution in [2.24, 2.45) is 5.41 Å². The Morgan fingerprint density at radius 3 is 2.67 bits per heavy atom. The number of carboxylic acids is 1. The molecule has 5 heteroatoms. The average Bonchev–Trinajstić information content (AvgIpc) is 2.93. The number of rotatable bonds is 7. The van der Waals surface area contributed by atoms with Gasteiger partial charge < -0.3 is 14.6 Å². The van der Waals surface area contributed by atoms with Gasteiger partial charge in [-0.2, -0.15) is 0 Å². The van der Waals surface area contributed by atoms with E-state index in [9.17, 15) is 9.90 Å². The van der Waals surface area contributed by atoms with E-state index in [0.29, 0.717) is 31.7 Å². The zero-order chi connectivity index (χ0) is 15.3. The lowest BCUT2D eigenvalue weighted by Crippen LogP contribution is -2.35. The molecule has 1 heterocycles. The van der Waals surface area contributed by atoms with Crippen LogP contribution < -0.4 is 9.47 Å². The number of methoxy groups -OCH3 is 1. The first-order chi connectivity index (χ1) is 10.1. The molecule has 0 saturated carbocycles. The monoisotopic (exact) mass is 293 g/mol. The van der Waals surface area contributed by atoms with Crippen LogP contribution in [0.5, 0.6) is 11.5 Å². The van der Waals surface area contributed by atoms with Crippen LogP contribution in [0.1, 0.15) is 19.8 Å². The van der Waals surface area contributed by atoms with Crippen molar-refractivity contribution in [3.63, 3.8) is 0 Å². The Morgan fingerprint density at radius 1 is 1.38 bits per heavy atom. The molecule has 21 heavy (non-hydrogen) atoms. The van der Waals surface area contributed by atoms with Crippen molar-refractivity contribution >= 4 is 5.97 Å². The van der Waals surface area contributed by atoms with E-state index in [1.54, 1.807) is 7.11 Å². The fourth-order valence-corrected chi connectivity index (χ4v) is 2.79. The van der Waals surface area contributed by atoms with Gasteiger partial charge >= 0.3 is 5.97 Å². The number of aliphatic carboxylic acids is 1. The van der Waals surface area contributed by atoms with Crippen molar-refractivity contribution in [2.75, 3.05) is 33.4 Å². The summed E-state index contributed by atoms with van der Waals surface area (Å²) < 4.78 is 11.0. The van der Waals surface area contributed by atoms with E-state index in [-0.39, 0.29) is 0 Å². The third kappa shape index (κ3) is 3.47. The van der Waals surface area contributed by atoms with Gasteiger partial charge in [0.05, 0.1) is 12.5 Å². The molecular formula is C16H23NO4. The highest BCUT2D eigenvalue weighted by Gasteiger charge is 2.42. The zero-order valence-electron chi connectivity index (χ0n) is 12.7. The Bertz CT molecular complexity index is 491. The van der Waals surface area contributed by atoms with Crippen LogP contribution in [0.4, 0.5) is 0 Å². The lowest BCUT2D eigenvalue weighted by Gasteiger charge is -2.23. The molecule has 0 aliphatic carbocycles. The Kier molecular flexibility index (Phi) is 5.07. The van der Waals surface area contributed by atoms with E-state index in [1.165, 1.54) is 0 Å². The lowest BCUT2D eigenvalue weighted by atomic mass is 9.84. The summed E-state index contributed by atoms with van der Waals surface area (Å²) in [6.45, 7) is 4.62. The summed E-state index contributed by atoms with van der Waals surface area (Å²) in [5.74, 6) is 0.754. The van der Waals surface area contributed by atoms with Gasteiger partial charge in [0.2, 0.25) is 0 Å². The van der Waals surface area contributed by atoms with Crippen molar-refractivity contribution in [1.29, 1.82) is 0 Å². The molecule has 5 nitrogen and oxygen atoms in total. The Hall–Kier alpha value is -1.75. The van der Waals surface area contributed by atoms with Gasteiger partial charge in [-0.3, -0.25) is 9.69 Å². The minimum absolute atomic E-state index is 0.528. The van der Waals surface area contributed by atoms with E-state index >= 15 is 0 Å². The fraction of sp³-hybridized carbons (Fsp3) is 0.562. The smallest absolute Gasteiger partial charge is 0.310 e. The van der Waals surface area contributed by atoms with Crippen LogP contribution in [0, 0.1) is 5.41 Å². The number of hydrogen-bond donors (Lipinski definition) is 1. The summed E-state index contributed by atoms with van der Waals surface area (Å²) in [4.78, 5) is 13.6. The minimum atomic E-state index is -0.682. The fourth-order valence-electron chi connectivity index (χ4n) is 2.79. The van der Waals surface area contributed by atoms with Crippen LogP contribution in [0.3, 0.4) is 0 Å². The second kappa shape index (κ2) is 6.80. The summed E-state index contributed by atoms with van der Waals surface area (Å²) in [7, 11) is 1.62.